The maximum atomic E-state index is 11.4. The third-order valence-corrected chi connectivity index (χ3v) is 3.89. The summed E-state index contributed by atoms with van der Waals surface area (Å²) in [5, 5.41) is 12.2. The third-order valence-electron chi connectivity index (χ3n) is 3.37. The van der Waals surface area contributed by atoms with Crippen LogP contribution in [0.2, 0.25) is 10.0 Å². The summed E-state index contributed by atoms with van der Waals surface area (Å²) in [5.41, 5.74) is 1.66. The first-order chi connectivity index (χ1) is 12.5. The predicted octanol–water partition coefficient (Wildman–Crippen LogP) is 4.50. The summed E-state index contributed by atoms with van der Waals surface area (Å²) in [7, 11) is 0. The molecular weight excluding hydrogens is 375 g/mol. The highest BCUT2D eigenvalue weighted by molar-refractivity contribution is 6.32. The Morgan fingerprint density at radius 2 is 2.00 bits per heavy atom. The average molecular weight is 393 g/mol. The SMILES string of the molecule is CCOc1cc(CNC(=O)CC#N)cc(Cl)c1OCc1cccc(Cl)c1. The van der Waals surface area contributed by atoms with E-state index in [1.807, 2.05) is 25.1 Å². The maximum Gasteiger partial charge on any atom is 0.234 e. The molecule has 0 atom stereocenters. The topological polar surface area (TPSA) is 71.3 Å². The van der Waals surface area contributed by atoms with Crippen molar-refractivity contribution in [1.29, 1.82) is 5.26 Å². The van der Waals surface area contributed by atoms with Crippen LogP contribution in [-0.2, 0) is 17.9 Å². The molecule has 5 nitrogen and oxygen atoms in total. The molecule has 0 aliphatic rings. The van der Waals surface area contributed by atoms with Gasteiger partial charge in [-0.2, -0.15) is 5.26 Å². The number of hydrogen-bond donors (Lipinski definition) is 1. The molecule has 0 saturated carbocycles. The Bertz CT molecular complexity index is 819. The number of nitrogens with zero attached hydrogens (tertiary/aromatic N) is 1. The van der Waals surface area contributed by atoms with Gasteiger partial charge in [-0.15, -0.1) is 0 Å². The summed E-state index contributed by atoms with van der Waals surface area (Å²) < 4.78 is 11.5. The molecule has 0 unspecified atom stereocenters. The fourth-order valence-electron chi connectivity index (χ4n) is 2.24. The van der Waals surface area contributed by atoms with Crippen molar-refractivity contribution in [2.24, 2.45) is 0 Å². The predicted molar refractivity (Wildman–Crippen MR) is 100 cm³/mol. The van der Waals surface area contributed by atoms with Crippen LogP contribution in [0.4, 0.5) is 0 Å². The summed E-state index contributed by atoms with van der Waals surface area (Å²) in [4.78, 5) is 11.4. The molecule has 2 rings (SSSR count). The molecule has 136 valence electrons. The van der Waals surface area contributed by atoms with Gasteiger partial charge in [0.25, 0.3) is 0 Å². The van der Waals surface area contributed by atoms with E-state index in [1.165, 1.54) is 0 Å². The molecule has 0 aliphatic heterocycles. The van der Waals surface area contributed by atoms with Crippen molar-refractivity contribution in [3.05, 3.63) is 57.6 Å². The smallest absolute Gasteiger partial charge is 0.234 e. The number of carbonyl (C=O) groups excluding carboxylic acids is 1. The van der Waals surface area contributed by atoms with Crippen LogP contribution in [-0.4, -0.2) is 12.5 Å². The average Bonchev–Trinajstić information content (AvgIpc) is 2.60. The van der Waals surface area contributed by atoms with E-state index in [4.69, 9.17) is 37.9 Å². The molecule has 1 amide bonds. The van der Waals surface area contributed by atoms with Crippen LogP contribution in [0.15, 0.2) is 36.4 Å². The second-order valence-corrected chi connectivity index (χ2v) is 6.21. The summed E-state index contributed by atoms with van der Waals surface area (Å²) in [6.45, 7) is 2.83. The van der Waals surface area contributed by atoms with Gasteiger partial charge in [-0.25, -0.2) is 0 Å². The van der Waals surface area contributed by atoms with E-state index >= 15 is 0 Å². The molecule has 0 aliphatic carbocycles. The van der Waals surface area contributed by atoms with Crippen molar-refractivity contribution in [2.75, 3.05) is 6.61 Å². The molecule has 0 aromatic heterocycles. The zero-order valence-electron chi connectivity index (χ0n) is 14.2. The molecular formula is C19H18Cl2N2O3. The Kier molecular flexibility index (Phi) is 7.58. The normalized spacial score (nSPS) is 10.1. The highest BCUT2D eigenvalue weighted by Gasteiger charge is 2.13. The molecule has 7 heteroatoms. The van der Waals surface area contributed by atoms with E-state index in [0.717, 1.165) is 11.1 Å². The third kappa shape index (κ3) is 5.83. The highest BCUT2D eigenvalue weighted by Crippen LogP contribution is 2.37. The number of rotatable bonds is 8. The second-order valence-electron chi connectivity index (χ2n) is 5.37. The van der Waals surface area contributed by atoms with Gasteiger partial charge >= 0.3 is 0 Å². The van der Waals surface area contributed by atoms with Crippen molar-refractivity contribution < 1.29 is 14.3 Å². The lowest BCUT2D eigenvalue weighted by Crippen LogP contribution is -2.21. The second kappa shape index (κ2) is 9.91. The van der Waals surface area contributed by atoms with E-state index in [0.29, 0.717) is 34.8 Å². The van der Waals surface area contributed by atoms with Crippen molar-refractivity contribution in [3.8, 4) is 17.6 Å². The van der Waals surface area contributed by atoms with E-state index in [9.17, 15) is 4.79 Å². The van der Waals surface area contributed by atoms with Gasteiger partial charge in [0.05, 0.1) is 17.7 Å². The standard InChI is InChI=1S/C19H18Cl2N2O3/c1-2-25-17-10-14(11-23-18(24)6-7-22)9-16(21)19(17)26-12-13-4-3-5-15(20)8-13/h3-5,8-10H,2,6,11-12H2,1H3,(H,23,24). The summed E-state index contributed by atoms with van der Waals surface area (Å²) in [6, 6.07) is 12.6. The number of hydrogen-bond acceptors (Lipinski definition) is 4. The molecule has 0 fully saturated rings. The molecule has 2 aromatic rings. The number of nitrogens with one attached hydrogen (secondary N) is 1. The van der Waals surface area contributed by atoms with Crippen molar-refractivity contribution in [3.63, 3.8) is 0 Å². The Hall–Kier alpha value is -2.42. The zero-order chi connectivity index (χ0) is 18.9. The van der Waals surface area contributed by atoms with Gasteiger partial charge in [0.2, 0.25) is 5.91 Å². The number of nitriles is 1. The lowest BCUT2D eigenvalue weighted by Gasteiger charge is -2.15. The number of benzene rings is 2. The minimum Gasteiger partial charge on any atom is -0.490 e. The number of carbonyl (C=O) groups is 1. The number of amides is 1. The van der Waals surface area contributed by atoms with Crippen LogP contribution >= 0.6 is 23.2 Å². The molecule has 1 N–H and O–H groups in total. The minimum absolute atomic E-state index is 0.188. The minimum atomic E-state index is -0.345. The fraction of sp³-hybridized carbons (Fsp3) is 0.263. The Labute approximate surface area is 162 Å². The van der Waals surface area contributed by atoms with Crippen LogP contribution in [0.5, 0.6) is 11.5 Å². The Balaban J connectivity index is 2.14. The molecule has 0 heterocycles. The van der Waals surface area contributed by atoms with Gasteiger partial charge in [0.15, 0.2) is 11.5 Å². The van der Waals surface area contributed by atoms with E-state index in [1.54, 1.807) is 24.3 Å². The monoisotopic (exact) mass is 392 g/mol. The van der Waals surface area contributed by atoms with Crippen molar-refractivity contribution >= 4 is 29.1 Å². The Morgan fingerprint density at radius 3 is 2.69 bits per heavy atom. The first kappa shape index (κ1) is 19.9. The number of ether oxygens (including phenoxy) is 2. The maximum absolute atomic E-state index is 11.4. The van der Waals surface area contributed by atoms with Gasteiger partial charge in [-0.1, -0.05) is 35.3 Å². The van der Waals surface area contributed by atoms with E-state index in [2.05, 4.69) is 5.32 Å². The highest BCUT2D eigenvalue weighted by atomic mass is 35.5. The van der Waals surface area contributed by atoms with Gasteiger partial charge < -0.3 is 14.8 Å². The molecule has 2 aromatic carbocycles. The first-order valence-corrected chi connectivity index (χ1v) is 8.75. The molecule has 26 heavy (non-hydrogen) atoms. The van der Waals surface area contributed by atoms with Crippen LogP contribution in [0.3, 0.4) is 0 Å². The Morgan fingerprint density at radius 1 is 1.19 bits per heavy atom. The summed E-state index contributed by atoms with van der Waals surface area (Å²) >= 11 is 12.3. The summed E-state index contributed by atoms with van der Waals surface area (Å²) in [5.74, 6) is 0.579. The lowest BCUT2D eigenvalue weighted by atomic mass is 10.2. The van der Waals surface area contributed by atoms with Gasteiger partial charge in [-0.3, -0.25) is 4.79 Å². The molecule has 0 spiro atoms. The first-order valence-electron chi connectivity index (χ1n) is 7.99. The van der Waals surface area contributed by atoms with Crippen LogP contribution in [0.25, 0.3) is 0 Å². The quantitative estimate of drug-likeness (QED) is 0.717. The molecule has 0 radical (unpaired) electrons. The molecule has 0 bridgehead atoms. The molecule has 0 saturated heterocycles. The fourth-order valence-corrected chi connectivity index (χ4v) is 2.74. The number of halogens is 2. The zero-order valence-corrected chi connectivity index (χ0v) is 15.7. The van der Waals surface area contributed by atoms with Gasteiger partial charge in [0, 0.05) is 11.6 Å². The van der Waals surface area contributed by atoms with Crippen LogP contribution in [0, 0.1) is 11.3 Å². The van der Waals surface area contributed by atoms with Crippen molar-refractivity contribution in [2.45, 2.75) is 26.5 Å². The lowest BCUT2D eigenvalue weighted by molar-refractivity contribution is -0.120. The summed E-state index contributed by atoms with van der Waals surface area (Å²) in [6.07, 6.45) is -0.188. The van der Waals surface area contributed by atoms with E-state index < -0.39 is 0 Å². The van der Waals surface area contributed by atoms with Gasteiger partial charge in [0.1, 0.15) is 13.0 Å². The van der Waals surface area contributed by atoms with Crippen LogP contribution in [0.1, 0.15) is 24.5 Å². The van der Waals surface area contributed by atoms with Gasteiger partial charge in [-0.05, 0) is 42.3 Å². The van der Waals surface area contributed by atoms with Crippen LogP contribution < -0.4 is 14.8 Å². The van der Waals surface area contributed by atoms with E-state index in [-0.39, 0.29) is 18.9 Å². The van der Waals surface area contributed by atoms with Crippen molar-refractivity contribution in [1.82, 2.24) is 5.32 Å². The largest absolute Gasteiger partial charge is 0.490 e.